The summed E-state index contributed by atoms with van der Waals surface area (Å²) in [6.07, 6.45) is 6.19. The summed E-state index contributed by atoms with van der Waals surface area (Å²) in [5.41, 5.74) is 0. The van der Waals surface area contributed by atoms with Crippen molar-refractivity contribution in [3.63, 3.8) is 0 Å². The van der Waals surface area contributed by atoms with Crippen LogP contribution in [0.25, 0.3) is 0 Å². The van der Waals surface area contributed by atoms with E-state index < -0.39 is 0 Å². The molecule has 0 bridgehead atoms. The summed E-state index contributed by atoms with van der Waals surface area (Å²) >= 11 is 0. The smallest absolute Gasteiger partial charge is 0.105 e. The average Bonchev–Trinajstić information content (AvgIpc) is 2.68. The molecule has 0 aliphatic heterocycles. The number of rotatable bonds is 9. The number of hydrogen-bond donors (Lipinski definition) is 1. The van der Waals surface area contributed by atoms with Crippen LogP contribution in [0.3, 0.4) is 0 Å². The molecule has 0 radical (unpaired) electrons. The molecule has 4 heteroatoms. The minimum atomic E-state index is 0.827. The van der Waals surface area contributed by atoms with Crippen LogP contribution in [0.1, 0.15) is 25.6 Å². The highest BCUT2D eigenvalue weighted by Gasteiger charge is 1.95. The fourth-order valence-electron chi connectivity index (χ4n) is 1.56. The maximum absolute atomic E-state index is 5.27. The van der Waals surface area contributed by atoms with Gasteiger partial charge in [0.25, 0.3) is 0 Å². The van der Waals surface area contributed by atoms with Gasteiger partial charge in [-0.25, -0.2) is 4.98 Å². The SMILES string of the molecule is CCOCCCCNCCn1ccnc1C. The van der Waals surface area contributed by atoms with Gasteiger partial charge >= 0.3 is 0 Å². The number of aryl methyl sites for hydroxylation is 1. The third kappa shape index (κ3) is 5.28. The Morgan fingerprint density at radius 3 is 2.94 bits per heavy atom. The van der Waals surface area contributed by atoms with Crippen molar-refractivity contribution in [2.24, 2.45) is 0 Å². The van der Waals surface area contributed by atoms with Gasteiger partial charge in [-0.05, 0) is 33.2 Å². The van der Waals surface area contributed by atoms with E-state index >= 15 is 0 Å². The second kappa shape index (κ2) is 8.30. The summed E-state index contributed by atoms with van der Waals surface area (Å²) in [5, 5.41) is 3.42. The molecule has 0 aliphatic rings. The van der Waals surface area contributed by atoms with Crippen LogP contribution in [0, 0.1) is 6.92 Å². The van der Waals surface area contributed by atoms with E-state index in [0.717, 1.165) is 45.1 Å². The highest BCUT2D eigenvalue weighted by atomic mass is 16.5. The van der Waals surface area contributed by atoms with Crippen LogP contribution in [-0.2, 0) is 11.3 Å². The van der Waals surface area contributed by atoms with Gasteiger partial charge in [0, 0.05) is 38.7 Å². The van der Waals surface area contributed by atoms with Crippen LogP contribution in [0.2, 0.25) is 0 Å². The van der Waals surface area contributed by atoms with E-state index in [4.69, 9.17) is 4.74 Å². The predicted molar refractivity (Wildman–Crippen MR) is 65.6 cm³/mol. The fraction of sp³-hybridized carbons (Fsp3) is 0.750. The molecule has 0 atom stereocenters. The molecule has 0 saturated carbocycles. The van der Waals surface area contributed by atoms with E-state index in [1.165, 1.54) is 6.42 Å². The minimum Gasteiger partial charge on any atom is -0.382 e. The first-order chi connectivity index (χ1) is 7.84. The Bertz CT molecular complexity index is 273. The third-order valence-electron chi connectivity index (χ3n) is 2.55. The number of ether oxygens (including phenoxy) is 1. The second-order valence-corrected chi connectivity index (χ2v) is 3.82. The van der Waals surface area contributed by atoms with E-state index in [2.05, 4.69) is 14.9 Å². The zero-order valence-electron chi connectivity index (χ0n) is 10.4. The number of hydrogen-bond acceptors (Lipinski definition) is 3. The predicted octanol–water partition coefficient (Wildman–Crippen LogP) is 1.60. The fourth-order valence-corrected chi connectivity index (χ4v) is 1.56. The van der Waals surface area contributed by atoms with Gasteiger partial charge in [0.15, 0.2) is 0 Å². The highest BCUT2D eigenvalue weighted by Crippen LogP contribution is 1.93. The first kappa shape index (κ1) is 13.2. The summed E-state index contributed by atoms with van der Waals surface area (Å²) in [5.74, 6) is 1.08. The highest BCUT2D eigenvalue weighted by molar-refractivity contribution is 4.88. The summed E-state index contributed by atoms with van der Waals surface area (Å²) in [6, 6.07) is 0. The van der Waals surface area contributed by atoms with Crippen LogP contribution in [-0.4, -0.2) is 35.9 Å². The zero-order chi connectivity index (χ0) is 11.6. The Hall–Kier alpha value is -0.870. The molecule has 1 rings (SSSR count). The summed E-state index contributed by atoms with van der Waals surface area (Å²) in [4.78, 5) is 4.18. The quantitative estimate of drug-likeness (QED) is 0.649. The molecular weight excluding hydrogens is 202 g/mol. The Kier molecular flexibility index (Phi) is 6.85. The Morgan fingerprint density at radius 1 is 1.38 bits per heavy atom. The van der Waals surface area contributed by atoms with Crippen molar-refractivity contribution in [1.82, 2.24) is 14.9 Å². The van der Waals surface area contributed by atoms with Crippen LogP contribution < -0.4 is 5.32 Å². The van der Waals surface area contributed by atoms with Crippen molar-refractivity contribution in [2.45, 2.75) is 33.2 Å². The normalized spacial score (nSPS) is 10.9. The lowest BCUT2D eigenvalue weighted by atomic mass is 10.3. The molecular formula is C12H23N3O. The van der Waals surface area contributed by atoms with E-state index in [1.807, 2.05) is 26.2 Å². The summed E-state index contributed by atoms with van der Waals surface area (Å²) in [7, 11) is 0. The standard InChI is InChI=1S/C12H23N3O/c1-3-16-11-5-4-6-13-7-9-15-10-8-14-12(15)2/h8,10,13H,3-7,9,11H2,1-2H3. The molecule has 0 aliphatic carbocycles. The van der Waals surface area contributed by atoms with Crippen LogP contribution in [0.5, 0.6) is 0 Å². The molecule has 1 N–H and O–H groups in total. The van der Waals surface area contributed by atoms with Crippen LogP contribution in [0.15, 0.2) is 12.4 Å². The lowest BCUT2D eigenvalue weighted by molar-refractivity contribution is 0.143. The number of imidazole rings is 1. The van der Waals surface area contributed by atoms with Gasteiger partial charge < -0.3 is 14.6 Å². The Balaban J connectivity index is 1.91. The molecule has 0 unspecified atom stereocenters. The molecule has 92 valence electrons. The second-order valence-electron chi connectivity index (χ2n) is 3.82. The van der Waals surface area contributed by atoms with Crippen molar-refractivity contribution >= 4 is 0 Å². The molecule has 0 amide bonds. The first-order valence-electron chi connectivity index (χ1n) is 6.10. The molecule has 0 spiro atoms. The van der Waals surface area contributed by atoms with Crippen LogP contribution >= 0.6 is 0 Å². The lowest BCUT2D eigenvalue weighted by Gasteiger charge is -2.07. The van der Waals surface area contributed by atoms with Crippen molar-refractivity contribution in [1.29, 1.82) is 0 Å². The van der Waals surface area contributed by atoms with Gasteiger partial charge in [-0.2, -0.15) is 0 Å². The maximum atomic E-state index is 5.27. The lowest BCUT2D eigenvalue weighted by Crippen LogP contribution is -2.21. The summed E-state index contributed by atoms with van der Waals surface area (Å²) in [6.45, 7) is 8.85. The maximum Gasteiger partial charge on any atom is 0.105 e. The van der Waals surface area contributed by atoms with Gasteiger partial charge in [0.2, 0.25) is 0 Å². The molecule has 0 saturated heterocycles. The molecule has 0 aromatic carbocycles. The topological polar surface area (TPSA) is 39.1 Å². The first-order valence-corrected chi connectivity index (χ1v) is 6.10. The Morgan fingerprint density at radius 2 is 2.25 bits per heavy atom. The largest absolute Gasteiger partial charge is 0.382 e. The Labute approximate surface area is 98.0 Å². The number of nitrogens with one attached hydrogen (secondary N) is 1. The van der Waals surface area contributed by atoms with E-state index in [-0.39, 0.29) is 0 Å². The van der Waals surface area contributed by atoms with Crippen molar-refractivity contribution in [3.05, 3.63) is 18.2 Å². The minimum absolute atomic E-state index is 0.827. The van der Waals surface area contributed by atoms with Crippen molar-refractivity contribution in [2.75, 3.05) is 26.3 Å². The van der Waals surface area contributed by atoms with Gasteiger partial charge in [-0.1, -0.05) is 0 Å². The molecule has 1 aromatic rings. The van der Waals surface area contributed by atoms with Gasteiger partial charge in [0.1, 0.15) is 5.82 Å². The molecule has 16 heavy (non-hydrogen) atoms. The third-order valence-corrected chi connectivity index (χ3v) is 2.55. The van der Waals surface area contributed by atoms with Crippen LogP contribution in [0.4, 0.5) is 0 Å². The monoisotopic (exact) mass is 225 g/mol. The van der Waals surface area contributed by atoms with Gasteiger partial charge in [-0.15, -0.1) is 0 Å². The molecule has 1 aromatic heterocycles. The van der Waals surface area contributed by atoms with E-state index in [0.29, 0.717) is 0 Å². The van der Waals surface area contributed by atoms with Gasteiger partial charge in [0.05, 0.1) is 0 Å². The number of unbranched alkanes of at least 4 members (excludes halogenated alkanes) is 1. The number of aromatic nitrogens is 2. The molecule has 4 nitrogen and oxygen atoms in total. The average molecular weight is 225 g/mol. The van der Waals surface area contributed by atoms with E-state index in [1.54, 1.807) is 0 Å². The van der Waals surface area contributed by atoms with Crippen molar-refractivity contribution < 1.29 is 4.74 Å². The molecule has 0 fully saturated rings. The molecule has 1 heterocycles. The van der Waals surface area contributed by atoms with E-state index in [9.17, 15) is 0 Å². The zero-order valence-corrected chi connectivity index (χ0v) is 10.4. The summed E-state index contributed by atoms with van der Waals surface area (Å²) < 4.78 is 7.43. The number of nitrogens with zero attached hydrogens (tertiary/aromatic N) is 2. The van der Waals surface area contributed by atoms with Crippen molar-refractivity contribution in [3.8, 4) is 0 Å². The van der Waals surface area contributed by atoms with Gasteiger partial charge in [-0.3, -0.25) is 0 Å².